The van der Waals surface area contributed by atoms with Crippen LogP contribution in [0.4, 0.5) is 19.2 Å². The van der Waals surface area contributed by atoms with Gasteiger partial charge in [0.1, 0.15) is 0 Å². The molecule has 14 nitrogen and oxygen atoms in total. The molecule has 0 unspecified atom stereocenters. The van der Waals surface area contributed by atoms with Crippen LogP contribution < -0.4 is 40.9 Å². The van der Waals surface area contributed by atoms with Gasteiger partial charge >= 0.3 is 115 Å². The summed E-state index contributed by atoms with van der Waals surface area (Å²) in [6, 6.07) is 0. The van der Waals surface area contributed by atoms with Crippen LogP contribution in [0.5, 0.6) is 0 Å². The molecule has 23 heavy (non-hydrogen) atoms. The summed E-state index contributed by atoms with van der Waals surface area (Å²) in [4.78, 5) is 33.3. The third-order valence-corrected chi connectivity index (χ3v) is 0. The number of carbonyl (C=O) groups is 4. The standard InChI is InChI=1S/4CH2O3.5Mg.2H2O/c4*2-1(3)4;;;;;;;/h4*(H2,2,3,4);;;;;;2*1H2/q;;;;5*+2;;/p-10. The zero-order valence-corrected chi connectivity index (χ0v) is 18.4. The van der Waals surface area contributed by atoms with Crippen LogP contribution in [0.25, 0.3) is 0 Å². The van der Waals surface area contributed by atoms with E-state index in [1.165, 1.54) is 0 Å². The molecule has 0 bridgehead atoms. The van der Waals surface area contributed by atoms with Crippen LogP contribution >= 0.6 is 0 Å². The molecule has 0 aliphatic carbocycles. The molecule has 0 fully saturated rings. The number of rotatable bonds is 0. The van der Waals surface area contributed by atoms with Gasteiger partial charge in [0.25, 0.3) is 0 Å². The molecule has 0 aliphatic heterocycles. The first kappa shape index (κ1) is 75.5. The number of carboxylic acid groups (broad SMARTS) is 8. The van der Waals surface area contributed by atoms with Gasteiger partial charge in [-0.05, 0) is 24.6 Å². The smallest absolute Gasteiger partial charge is 0.870 e. The van der Waals surface area contributed by atoms with Crippen LogP contribution in [-0.2, 0) is 0 Å². The van der Waals surface area contributed by atoms with Crippen LogP contribution in [0.2, 0.25) is 0 Å². The minimum atomic E-state index is -2.33. The maximum Gasteiger partial charge on any atom is 2.00 e. The third-order valence-electron chi connectivity index (χ3n) is 0. The zero-order valence-electron chi connectivity index (χ0n) is 11.3. The van der Waals surface area contributed by atoms with E-state index >= 15 is 0 Å². The Hall–Kier alpha value is 0.831. The predicted octanol–water partition coefficient (Wildman–Crippen LogP) is -12.0. The Balaban J connectivity index is -0.00000000842. The minimum Gasteiger partial charge on any atom is -0.870 e. The van der Waals surface area contributed by atoms with Gasteiger partial charge in [0.2, 0.25) is 0 Å². The fraction of sp³-hybridized carbons (Fsp3) is 0. The van der Waals surface area contributed by atoms with Crippen molar-refractivity contribution >= 4 is 140 Å². The molecule has 0 aromatic heterocycles. The molecule has 0 spiro atoms. The average molecular weight is 396 g/mol. The first-order chi connectivity index (χ1) is 6.93. The second-order valence-corrected chi connectivity index (χ2v) is 1.00. The van der Waals surface area contributed by atoms with Crippen LogP contribution in [0.15, 0.2) is 0 Å². The van der Waals surface area contributed by atoms with Crippen molar-refractivity contribution in [3.8, 4) is 0 Å². The number of hydrogen-bond acceptors (Lipinski definition) is 14. The summed E-state index contributed by atoms with van der Waals surface area (Å²) in [5.41, 5.74) is 0. The van der Waals surface area contributed by atoms with Gasteiger partial charge in [-0.2, -0.15) is 0 Å². The Labute approximate surface area is 208 Å². The molecule has 2 N–H and O–H groups in total. The average Bonchev–Trinajstić information content (AvgIpc) is 1.76. The van der Waals surface area contributed by atoms with Gasteiger partial charge in [-0.1, -0.05) is 0 Å². The molecule has 0 heterocycles. The predicted molar refractivity (Wildman–Crippen MR) is 54.2 cm³/mol. The van der Waals surface area contributed by atoms with Crippen molar-refractivity contribution in [3.63, 3.8) is 0 Å². The molecular formula is C4H2Mg5O14. The summed E-state index contributed by atoms with van der Waals surface area (Å²) < 4.78 is 0. The summed E-state index contributed by atoms with van der Waals surface area (Å²) in [6.07, 6.45) is -9.33. The molecule has 0 atom stereocenters. The van der Waals surface area contributed by atoms with Gasteiger partial charge in [0.15, 0.2) is 0 Å². The molecule has 0 amide bonds. The Kier molecular flexibility index (Phi) is 217. The van der Waals surface area contributed by atoms with Crippen molar-refractivity contribution < 1.29 is 71.0 Å². The fourth-order valence-corrected chi connectivity index (χ4v) is 0. The monoisotopic (exact) mass is 394 g/mol. The molecule has 0 aliphatic rings. The molecular weight excluding hydrogens is 394 g/mol. The summed E-state index contributed by atoms with van der Waals surface area (Å²) >= 11 is 0. The molecule has 0 aromatic rings. The largest absolute Gasteiger partial charge is 2.00 e. The maximum atomic E-state index is 8.33. The van der Waals surface area contributed by atoms with Gasteiger partial charge in [-0.15, -0.1) is 0 Å². The third kappa shape index (κ3) is 14300. The zero-order chi connectivity index (χ0) is 14.3. The quantitative estimate of drug-likeness (QED) is 0.343. The van der Waals surface area contributed by atoms with E-state index in [1.807, 2.05) is 0 Å². The minimum absolute atomic E-state index is 0. The van der Waals surface area contributed by atoms with E-state index in [4.69, 9.17) is 60.0 Å². The Morgan fingerprint density at radius 3 is 0.348 bits per heavy atom. The second-order valence-electron chi connectivity index (χ2n) is 1.00. The van der Waals surface area contributed by atoms with Crippen LogP contribution in [-0.4, -0.2) is 151 Å². The molecule has 0 saturated heterocycles. The summed E-state index contributed by atoms with van der Waals surface area (Å²) in [5.74, 6) is 0. The Morgan fingerprint density at radius 1 is 0.348 bits per heavy atom. The van der Waals surface area contributed by atoms with Gasteiger partial charge in [0, 0.05) is 0 Å². The van der Waals surface area contributed by atoms with Crippen molar-refractivity contribution in [2.45, 2.75) is 0 Å². The summed E-state index contributed by atoms with van der Waals surface area (Å²) in [7, 11) is 0. The molecule has 19 heteroatoms. The molecule has 112 valence electrons. The van der Waals surface area contributed by atoms with Crippen molar-refractivity contribution in [3.05, 3.63) is 0 Å². The summed E-state index contributed by atoms with van der Waals surface area (Å²) in [5, 5.41) is 66.7. The van der Waals surface area contributed by atoms with E-state index in [9.17, 15) is 0 Å². The molecule has 0 rings (SSSR count). The van der Waals surface area contributed by atoms with Crippen molar-refractivity contribution in [1.82, 2.24) is 0 Å². The van der Waals surface area contributed by atoms with Crippen LogP contribution in [0.1, 0.15) is 0 Å². The normalized spacial score (nSPS) is 4.17. The van der Waals surface area contributed by atoms with E-state index in [0.717, 1.165) is 0 Å². The van der Waals surface area contributed by atoms with E-state index in [0.29, 0.717) is 0 Å². The summed E-state index contributed by atoms with van der Waals surface area (Å²) in [6.45, 7) is 0. The van der Waals surface area contributed by atoms with Crippen LogP contribution in [0.3, 0.4) is 0 Å². The maximum absolute atomic E-state index is 8.33. The first-order valence-electron chi connectivity index (χ1n) is 2.45. The molecule has 0 aromatic carbocycles. The molecule has 0 saturated carbocycles. The van der Waals surface area contributed by atoms with Crippen molar-refractivity contribution in [2.24, 2.45) is 0 Å². The first-order valence-corrected chi connectivity index (χ1v) is 2.45. The van der Waals surface area contributed by atoms with E-state index in [-0.39, 0.29) is 126 Å². The Morgan fingerprint density at radius 2 is 0.348 bits per heavy atom. The van der Waals surface area contributed by atoms with Gasteiger partial charge in [-0.25, -0.2) is 0 Å². The van der Waals surface area contributed by atoms with Crippen molar-refractivity contribution in [1.29, 1.82) is 0 Å². The van der Waals surface area contributed by atoms with Gasteiger partial charge in [-0.3, -0.25) is 0 Å². The topological polar surface area (TPSA) is 313 Å². The van der Waals surface area contributed by atoms with E-state index < -0.39 is 24.6 Å². The second kappa shape index (κ2) is 66.1. The number of hydrogen-bond donors (Lipinski definition) is 0. The van der Waals surface area contributed by atoms with E-state index in [2.05, 4.69) is 0 Å². The van der Waals surface area contributed by atoms with Crippen molar-refractivity contribution in [2.75, 3.05) is 0 Å². The Bertz CT molecular complexity index is 171. The van der Waals surface area contributed by atoms with Crippen LogP contribution in [0, 0.1) is 0 Å². The van der Waals surface area contributed by atoms with Gasteiger partial charge < -0.3 is 71.0 Å². The SMILES string of the molecule is O=C([O-])[O-].O=C([O-])[O-].O=C([O-])[O-].O=C([O-])[O-].[Mg+2].[Mg+2].[Mg+2].[Mg+2].[Mg+2].[OH-].[OH-]. The fourth-order valence-electron chi connectivity index (χ4n) is 0. The van der Waals surface area contributed by atoms with E-state index in [1.54, 1.807) is 0 Å². The van der Waals surface area contributed by atoms with Gasteiger partial charge in [0.05, 0.1) is 0 Å². The number of carbonyl (C=O) groups excluding carboxylic acids is 4. The molecule has 0 radical (unpaired) electrons.